The molecule has 0 saturated heterocycles. The van der Waals surface area contributed by atoms with Crippen molar-refractivity contribution in [2.75, 3.05) is 0 Å². The molecule has 1 nitrogen and oxygen atoms in total. The van der Waals surface area contributed by atoms with Crippen molar-refractivity contribution in [1.29, 1.82) is 0 Å². The van der Waals surface area contributed by atoms with Crippen LogP contribution in [0.4, 0.5) is 13.2 Å². The van der Waals surface area contributed by atoms with Gasteiger partial charge in [0.05, 0.1) is 11.2 Å². The first-order chi connectivity index (χ1) is 7.39. The second kappa shape index (κ2) is 3.77. The molecule has 1 aromatic rings. The van der Waals surface area contributed by atoms with Gasteiger partial charge in [0.15, 0.2) is 0 Å². The second-order valence-electron chi connectivity index (χ2n) is 4.42. The molecule has 1 N–H and O–H groups in total. The van der Waals surface area contributed by atoms with Crippen LogP contribution in [0, 0.1) is 0 Å². The Morgan fingerprint density at radius 3 is 2.50 bits per heavy atom. The zero-order chi connectivity index (χ0) is 11.8. The van der Waals surface area contributed by atoms with E-state index in [1.165, 1.54) is 6.07 Å². The van der Waals surface area contributed by atoms with Crippen LogP contribution in [0.25, 0.3) is 0 Å². The van der Waals surface area contributed by atoms with Crippen molar-refractivity contribution >= 4 is 0 Å². The summed E-state index contributed by atoms with van der Waals surface area (Å²) in [5.41, 5.74) is -0.586. The van der Waals surface area contributed by atoms with Gasteiger partial charge in [0.25, 0.3) is 0 Å². The van der Waals surface area contributed by atoms with E-state index in [4.69, 9.17) is 0 Å². The summed E-state index contributed by atoms with van der Waals surface area (Å²) in [5, 5.41) is 9.60. The van der Waals surface area contributed by atoms with E-state index in [0.717, 1.165) is 25.0 Å². The largest absolute Gasteiger partial charge is 0.416 e. The lowest BCUT2D eigenvalue weighted by Crippen LogP contribution is -2.09. The Labute approximate surface area is 91.9 Å². The first-order valence-electron chi connectivity index (χ1n) is 5.28. The van der Waals surface area contributed by atoms with Crippen LogP contribution in [0.5, 0.6) is 0 Å². The van der Waals surface area contributed by atoms with Crippen molar-refractivity contribution in [2.45, 2.75) is 37.5 Å². The van der Waals surface area contributed by atoms with E-state index in [9.17, 15) is 18.3 Å². The van der Waals surface area contributed by atoms with Crippen LogP contribution in [0.1, 0.15) is 30.4 Å². The Balaban J connectivity index is 2.04. The Morgan fingerprint density at radius 2 is 1.94 bits per heavy atom. The van der Waals surface area contributed by atoms with E-state index < -0.39 is 17.3 Å². The van der Waals surface area contributed by atoms with Gasteiger partial charge in [-0.05, 0) is 37.3 Å². The molecule has 1 aliphatic carbocycles. The molecule has 1 saturated carbocycles. The van der Waals surface area contributed by atoms with Gasteiger partial charge >= 0.3 is 6.18 Å². The molecular weight excluding hydrogens is 217 g/mol. The molecule has 0 heterocycles. The number of benzene rings is 1. The van der Waals surface area contributed by atoms with E-state index in [1.54, 1.807) is 6.07 Å². The molecule has 4 heteroatoms. The molecule has 1 fully saturated rings. The third kappa shape index (κ3) is 2.76. The standard InChI is InChI=1S/C12H13F3O/c13-12(14,15)10-3-1-2-9(8-10)4-5-11(16)6-7-11/h1-3,8,16H,4-7H2. The maximum atomic E-state index is 12.4. The molecule has 0 radical (unpaired) electrons. The Bertz CT molecular complexity index is 380. The molecular formula is C12H13F3O. The Kier molecular flexibility index (Phi) is 2.70. The number of halogens is 3. The summed E-state index contributed by atoms with van der Waals surface area (Å²) >= 11 is 0. The van der Waals surface area contributed by atoms with Gasteiger partial charge in [0, 0.05) is 0 Å². The van der Waals surface area contributed by atoms with Gasteiger partial charge in [-0.25, -0.2) is 0 Å². The van der Waals surface area contributed by atoms with E-state index in [0.29, 0.717) is 18.4 Å². The maximum absolute atomic E-state index is 12.4. The summed E-state index contributed by atoms with van der Waals surface area (Å²) in [6, 6.07) is 5.30. The highest BCUT2D eigenvalue weighted by Crippen LogP contribution is 2.39. The van der Waals surface area contributed by atoms with Crippen LogP contribution in [-0.4, -0.2) is 10.7 Å². The van der Waals surface area contributed by atoms with Crippen LogP contribution in [0.15, 0.2) is 24.3 Å². The Morgan fingerprint density at radius 1 is 1.25 bits per heavy atom. The monoisotopic (exact) mass is 230 g/mol. The lowest BCUT2D eigenvalue weighted by molar-refractivity contribution is -0.137. The molecule has 1 aliphatic rings. The van der Waals surface area contributed by atoms with E-state index in [-0.39, 0.29) is 0 Å². The summed E-state index contributed by atoms with van der Waals surface area (Å²) in [4.78, 5) is 0. The minimum absolute atomic E-state index is 0.500. The third-order valence-corrected chi connectivity index (χ3v) is 2.96. The van der Waals surface area contributed by atoms with Gasteiger partial charge in [-0.15, -0.1) is 0 Å². The molecule has 88 valence electrons. The number of hydrogen-bond acceptors (Lipinski definition) is 1. The molecule has 2 rings (SSSR count). The lowest BCUT2D eigenvalue weighted by atomic mass is 10.0. The van der Waals surface area contributed by atoms with Crippen LogP contribution in [-0.2, 0) is 12.6 Å². The molecule has 0 aromatic heterocycles. The highest BCUT2D eigenvalue weighted by Gasteiger charge is 2.39. The van der Waals surface area contributed by atoms with Gasteiger partial charge in [-0.2, -0.15) is 13.2 Å². The highest BCUT2D eigenvalue weighted by molar-refractivity contribution is 5.26. The van der Waals surface area contributed by atoms with Gasteiger partial charge in [0.1, 0.15) is 0 Å². The second-order valence-corrected chi connectivity index (χ2v) is 4.42. The number of aryl methyl sites for hydroxylation is 1. The predicted molar refractivity (Wildman–Crippen MR) is 53.9 cm³/mol. The van der Waals surface area contributed by atoms with Crippen LogP contribution < -0.4 is 0 Å². The minimum atomic E-state index is -4.29. The first kappa shape index (κ1) is 11.5. The van der Waals surface area contributed by atoms with Gasteiger partial charge in [-0.3, -0.25) is 0 Å². The van der Waals surface area contributed by atoms with Crippen LogP contribution in [0.2, 0.25) is 0 Å². The number of hydrogen-bond donors (Lipinski definition) is 1. The molecule has 1 aromatic carbocycles. The smallest absolute Gasteiger partial charge is 0.390 e. The Hall–Kier alpha value is -1.03. The summed E-state index contributed by atoms with van der Waals surface area (Å²) in [6.45, 7) is 0. The summed E-state index contributed by atoms with van der Waals surface area (Å²) in [5.74, 6) is 0. The van der Waals surface area contributed by atoms with Crippen molar-refractivity contribution in [3.05, 3.63) is 35.4 Å². The molecule has 0 bridgehead atoms. The normalized spacial score (nSPS) is 18.5. The van der Waals surface area contributed by atoms with Crippen LogP contribution >= 0.6 is 0 Å². The molecule has 0 aliphatic heterocycles. The predicted octanol–water partition coefficient (Wildman–Crippen LogP) is 3.16. The fraction of sp³-hybridized carbons (Fsp3) is 0.500. The molecule has 0 spiro atoms. The number of alkyl halides is 3. The summed E-state index contributed by atoms with van der Waals surface area (Å²) < 4.78 is 37.2. The zero-order valence-electron chi connectivity index (χ0n) is 8.72. The van der Waals surface area contributed by atoms with Crippen molar-refractivity contribution in [3.8, 4) is 0 Å². The van der Waals surface area contributed by atoms with Gasteiger partial charge < -0.3 is 5.11 Å². The van der Waals surface area contributed by atoms with Crippen molar-refractivity contribution < 1.29 is 18.3 Å². The average molecular weight is 230 g/mol. The summed E-state index contributed by atoms with van der Waals surface area (Å²) in [7, 11) is 0. The van der Waals surface area contributed by atoms with Crippen molar-refractivity contribution in [3.63, 3.8) is 0 Å². The minimum Gasteiger partial charge on any atom is -0.390 e. The van der Waals surface area contributed by atoms with Gasteiger partial charge in [0.2, 0.25) is 0 Å². The van der Waals surface area contributed by atoms with E-state index in [2.05, 4.69) is 0 Å². The quantitative estimate of drug-likeness (QED) is 0.845. The molecule has 0 atom stereocenters. The van der Waals surface area contributed by atoms with Crippen LogP contribution in [0.3, 0.4) is 0 Å². The number of rotatable bonds is 3. The lowest BCUT2D eigenvalue weighted by Gasteiger charge is -2.10. The molecule has 0 amide bonds. The van der Waals surface area contributed by atoms with Crippen molar-refractivity contribution in [2.24, 2.45) is 0 Å². The van der Waals surface area contributed by atoms with Gasteiger partial charge in [-0.1, -0.05) is 18.2 Å². The van der Waals surface area contributed by atoms with E-state index in [1.807, 2.05) is 0 Å². The molecule has 16 heavy (non-hydrogen) atoms. The maximum Gasteiger partial charge on any atom is 0.416 e. The SMILES string of the molecule is OC1(CCc2cccc(C(F)(F)F)c2)CC1. The third-order valence-electron chi connectivity index (χ3n) is 2.96. The average Bonchev–Trinajstić information content (AvgIpc) is 2.94. The molecule has 0 unspecified atom stereocenters. The fourth-order valence-corrected chi connectivity index (χ4v) is 1.67. The number of aliphatic hydroxyl groups is 1. The van der Waals surface area contributed by atoms with Crippen molar-refractivity contribution in [1.82, 2.24) is 0 Å². The van der Waals surface area contributed by atoms with E-state index >= 15 is 0 Å². The topological polar surface area (TPSA) is 20.2 Å². The summed E-state index contributed by atoms with van der Waals surface area (Å²) in [6.07, 6.45) is -1.70. The zero-order valence-corrected chi connectivity index (χ0v) is 8.72. The highest BCUT2D eigenvalue weighted by atomic mass is 19.4. The fourth-order valence-electron chi connectivity index (χ4n) is 1.67. The first-order valence-corrected chi connectivity index (χ1v) is 5.28.